The summed E-state index contributed by atoms with van der Waals surface area (Å²) >= 11 is 0. The van der Waals surface area contributed by atoms with Crippen LogP contribution >= 0.6 is 0 Å². The topological polar surface area (TPSA) is 76.0 Å². The molecule has 0 bridgehead atoms. The van der Waals surface area contributed by atoms with Crippen LogP contribution in [0.4, 0.5) is 0 Å². The van der Waals surface area contributed by atoms with Crippen LogP contribution in [-0.4, -0.2) is 50.2 Å². The third-order valence-corrected chi connectivity index (χ3v) is 2.81. The number of hydrogen-bond donors (Lipinski definition) is 0. The van der Waals surface area contributed by atoms with Crippen LogP contribution in [0, 0.1) is 0 Å². The summed E-state index contributed by atoms with van der Waals surface area (Å²) in [6.07, 6.45) is 2.33. The van der Waals surface area contributed by atoms with Gasteiger partial charge < -0.3 is 23.5 Å². The van der Waals surface area contributed by atoms with Gasteiger partial charge in [0.25, 0.3) is 5.56 Å². The Balaban J connectivity index is 2.32. The van der Waals surface area contributed by atoms with E-state index in [-0.39, 0.29) is 24.5 Å². The molecule has 1 aromatic heterocycles. The van der Waals surface area contributed by atoms with Crippen LogP contribution in [0.3, 0.4) is 0 Å². The van der Waals surface area contributed by atoms with Crippen molar-refractivity contribution in [3.8, 4) is 5.75 Å². The van der Waals surface area contributed by atoms with E-state index in [0.29, 0.717) is 33.0 Å². The Labute approximate surface area is 136 Å². The van der Waals surface area contributed by atoms with Crippen LogP contribution in [0.1, 0.15) is 20.3 Å². The van der Waals surface area contributed by atoms with Crippen LogP contribution < -0.4 is 10.3 Å². The van der Waals surface area contributed by atoms with Gasteiger partial charge in [-0.25, -0.2) is 0 Å². The molecular weight excluding hydrogens is 302 g/mol. The van der Waals surface area contributed by atoms with Crippen LogP contribution in [0.2, 0.25) is 0 Å². The van der Waals surface area contributed by atoms with Gasteiger partial charge in [-0.2, -0.15) is 0 Å². The second-order valence-electron chi connectivity index (χ2n) is 4.68. The quantitative estimate of drug-likeness (QED) is 0.425. The molecule has 7 heteroatoms. The van der Waals surface area contributed by atoms with Crippen LogP contribution in [-0.2, 0) is 25.5 Å². The van der Waals surface area contributed by atoms with E-state index in [4.69, 9.17) is 18.9 Å². The minimum atomic E-state index is -0.492. The van der Waals surface area contributed by atoms with Crippen molar-refractivity contribution in [1.82, 2.24) is 4.57 Å². The first kappa shape index (κ1) is 19.2. The largest absolute Gasteiger partial charge is 0.488 e. The maximum Gasteiger partial charge on any atom is 0.326 e. The molecule has 0 amide bonds. The number of ether oxygens (including phenoxy) is 4. The summed E-state index contributed by atoms with van der Waals surface area (Å²) in [7, 11) is 0. The molecule has 0 fully saturated rings. The fourth-order valence-corrected chi connectivity index (χ4v) is 1.72. The predicted molar refractivity (Wildman–Crippen MR) is 84.8 cm³/mol. The summed E-state index contributed by atoms with van der Waals surface area (Å²) in [6, 6.07) is 3.25. The lowest BCUT2D eigenvalue weighted by molar-refractivity contribution is -0.146. The molecule has 0 aliphatic carbocycles. The molecular formula is C16H25NO6. The zero-order chi connectivity index (χ0) is 16.9. The molecule has 0 saturated carbocycles. The number of carbonyl (C=O) groups is 1. The number of carbonyl (C=O) groups excluding carboxylic acids is 1. The molecule has 1 rings (SSSR count). The first-order valence-electron chi connectivity index (χ1n) is 7.82. The summed E-state index contributed by atoms with van der Waals surface area (Å²) < 4.78 is 22.0. The van der Waals surface area contributed by atoms with Gasteiger partial charge >= 0.3 is 5.97 Å². The molecule has 0 atom stereocenters. The molecule has 0 aliphatic rings. The lowest BCUT2D eigenvalue weighted by Gasteiger charge is -2.09. The van der Waals surface area contributed by atoms with Gasteiger partial charge in [0.2, 0.25) is 0 Å². The number of hydrogen-bond acceptors (Lipinski definition) is 6. The molecule has 0 aliphatic heterocycles. The van der Waals surface area contributed by atoms with Gasteiger partial charge in [-0.05, 0) is 25.5 Å². The fraction of sp³-hybridized carbons (Fsp3) is 0.625. The Bertz CT molecular complexity index is 514. The molecule has 1 aromatic rings. The first-order valence-corrected chi connectivity index (χ1v) is 7.82. The van der Waals surface area contributed by atoms with E-state index in [9.17, 15) is 9.59 Å². The summed E-state index contributed by atoms with van der Waals surface area (Å²) in [5, 5.41) is 0. The molecule has 0 unspecified atom stereocenters. The molecule has 7 nitrogen and oxygen atoms in total. The van der Waals surface area contributed by atoms with Gasteiger partial charge in [0.05, 0.1) is 26.4 Å². The zero-order valence-electron chi connectivity index (χ0n) is 13.8. The highest BCUT2D eigenvalue weighted by atomic mass is 16.6. The second kappa shape index (κ2) is 11.7. The minimum absolute atomic E-state index is 0.145. The lowest BCUT2D eigenvalue weighted by atomic mass is 10.4. The summed E-state index contributed by atoms with van der Waals surface area (Å²) in [5.74, 6) is -0.255. The van der Waals surface area contributed by atoms with E-state index >= 15 is 0 Å². The van der Waals surface area contributed by atoms with Gasteiger partial charge in [-0.3, -0.25) is 9.59 Å². The Kier molecular flexibility index (Phi) is 9.74. The molecule has 0 spiro atoms. The van der Waals surface area contributed by atoms with Crippen LogP contribution in [0.25, 0.3) is 0 Å². The van der Waals surface area contributed by atoms with Gasteiger partial charge in [0.15, 0.2) is 5.75 Å². The normalized spacial score (nSPS) is 10.5. The van der Waals surface area contributed by atoms with Crippen molar-refractivity contribution in [3.63, 3.8) is 0 Å². The van der Waals surface area contributed by atoms with E-state index in [2.05, 4.69) is 0 Å². The molecule has 0 aromatic carbocycles. The summed E-state index contributed by atoms with van der Waals surface area (Å²) in [5.41, 5.74) is -0.342. The third-order valence-electron chi connectivity index (χ3n) is 2.81. The maximum absolute atomic E-state index is 12.1. The third kappa shape index (κ3) is 7.80. The Morgan fingerprint density at radius 2 is 1.83 bits per heavy atom. The fourth-order valence-electron chi connectivity index (χ4n) is 1.72. The van der Waals surface area contributed by atoms with Gasteiger partial charge in [0.1, 0.15) is 13.2 Å². The Hall–Kier alpha value is -1.86. The van der Waals surface area contributed by atoms with Crippen molar-refractivity contribution < 1.29 is 23.7 Å². The molecule has 0 saturated heterocycles. The van der Waals surface area contributed by atoms with Crippen molar-refractivity contribution in [3.05, 3.63) is 28.7 Å². The Morgan fingerprint density at radius 1 is 1.09 bits per heavy atom. The molecule has 1 heterocycles. The Morgan fingerprint density at radius 3 is 2.57 bits per heavy atom. The SMILES string of the molecule is CCCOc1cccn(CC(=O)OCCOCCOCC)c1=O. The van der Waals surface area contributed by atoms with Crippen molar-refractivity contribution in [2.45, 2.75) is 26.8 Å². The first-order chi connectivity index (χ1) is 11.2. The minimum Gasteiger partial charge on any atom is -0.488 e. The number of nitrogens with zero attached hydrogens (tertiary/aromatic N) is 1. The highest BCUT2D eigenvalue weighted by Crippen LogP contribution is 2.02. The highest BCUT2D eigenvalue weighted by Gasteiger charge is 2.09. The molecule has 0 N–H and O–H groups in total. The average molecular weight is 327 g/mol. The monoisotopic (exact) mass is 327 g/mol. The average Bonchev–Trinajstić information content (AvgIpc) is 2.55. The van der Waals surface area contributed by atoms with Gasteiger partial charge in [0, 0.05) is 12.8 Å². The highest BCUT2D eigenvalue weighted by molar-refractivity contribution is 5.69. The van der Waals surface area contributed by atoms with Crippen LogP contribution in [0.5, 0.6) is 5.75 Å². The number of esters is 1. The van der Waals surface area contributed by atoms with Crippen molar-refractivity contribution in [2.75, 3.05) is 39.6 Å². The van der Waals surface area contributed by atoms with Crippen LogP contribution in [0.15, 0.2) is 23.1 Å². The van der Waals surface area contributed by atoms with Crippen molar-refractivity contribution in [1.29, 1.82) is 0 Å². The standard InChI is InChI=1S/C16H25NO6/c1-3-8-22-14-6-5-7-17(16(14)19)13-15(18)23-12-11-21-10-9-20-4-2/h5-7H,3-4,8-13H2,1-2H3. The summed E-state index contributed by atoms with van der Waals surface area (Å²) in [6.45, 7) is 6.24. The number of pyridine rings is 1. The van der Waals surface area contributed by atoms with E-state index < -0.39 is 5.97 Å². The zero-order valence-corrected chi connectivity index (χ0v) is 13.8. The molecule has 130 valence electrons. The van der Waals surface area contributed by atoms with Crippen molar-refractivity contribution >= 4 is 5.97 Å². The second-order valence-corrected chi connectivity index (χ2v) is 4.68. The molecule has 0 radical (unpaired) electrons. The molecule has 23 heavy (non-hydrogen) atoms. The van der Waals surface area contributed by atoms with Gasteiger partial charge in [-0.15, -0.1) is 0 Å². The van der Waals surface area contributed by atoms with E-state index in [1.54, 1.807) is 12.1 Å². The van der Waals surface area contributed by atoms with E-state index in [1.807, 2.05) is 13.8 Å². The number of rotatable bonds is 12. The number of aromatic nitrogens is 1. The summed E-state index contributed by atoms with van der Waals surface area (Å²) in [4.78, 5) is 23.8. The maximum atomic E-state index is 12.1. The lowest BCUT2D eigenvalue weighted by Crippen LogP contribution is -2.26. The van der Waals surface area contributed by atoms with Gasteiger partial charge in [-0.1, -0.05) is 6.92 Å². The smallest absolute Gasteiger partial charge is 0.326 e. The van der Waals surface area contributed by atoms with E-state index in [0.717, 1.165) is 6.42 Å². The van der Waals surface area contributed by atoms with Crippen molar-refractivity contribution in [2.24, 2.45) is 0 Å². The van der Waals surface area contributed by atoms with E-state index in [1.165, 1.54) is 10.8 Å². The predicted octanol–water partition coefficient (Wildman–Crippen LogP) is 1.23.